The number of anilines is 1. The van der Waals surface area contributed by atoms with Gasteiger partial charge in [-0.1, -0.05) is 0 Å². The third-order valence-electron chi connectivity index (χ3n) is 4.74. The standard InChI is InChI=1S/C17H25BrN4O2/c1-11(7-8-24-2)20-17-19-10-16-14(18)9-15(22(16)21-17)12-3-5-13(23)6-4-12/h9-13,23H,3-8H2,1-2H3,(H,20,21)/t11-,12?,13?/m0/s1. The van der Waals surface area contributed by atoms with Crippen LogP contribution in [0.3, 0.4) is 0 Å². The Hall–Kier alpha value is -1.18. The predicted molar refractivity (Wildman–Crippen MR) is 97.5 cm³/mol. The summed E-state index contributed by atoms with van der Waals surface area (Å²) in [5.74, 6) is 1.06. The quantitative estimate of drug-likeness (QED) is 0.782. The summed E-state index contributed by atoms with van der Waals surface area (Å²) in [6.07, 6.45) is 6.32. The summed E-state index contributed by atoms with van der Waals surface area (Å²) in [6, 6.07) is 2.39. The molecule has 0 unspecified atom stereocenters. The molecule has 2 N–H and O–H groups in total. The molecule has 132 valence electrons. The Morgan fingerprint density at radius 1 is 1.42 bits per heavy atom. The molecule has 3 rings (SSSR count). The Morgan fingerprint density at radius 3 is 2.88 bits per heavy atom. The van der Waals surface area contributed by atoms with Crippen LogP contribution in [-0.2, 0) is 4.74 Å². The lowest BCUT2D eigenvalue weighted by Crippen LogP contribution is -2.21. The maximum Gasteiger partial charge on any atom is 0.241 e. The zero-order valence-electron chi connectivity index (χ0n) is 14.2. The smallest absolute Gasteiger partial charge is 0.241 e. The Balaban J connectivity index is 1.83. The molecular weight excluding hydrogens is 372 g/mol. The van der Waals surface area contributed by atoms with E-state index in [4.69, 9.17) is 9.84 Å². The Bertz CT molecular complexity index is 683. The van der Waals surface area contributed by atoms with Gasteiger partial charge in [-0.3, -0.25) is 0 Å². The van der Waals surface area contributed by atoms with Gasteiger partial charge in [-0.15, -0.1) is 5.10 Å². The van der Waals surface area contributed by atoms with E-state index in [9.17, 15) is 5.11 Å². The largest absolute Gasteiger partial charge is 0.393 e. The van der Waals surface area contributed by atoms with Crippen molar-refractivity contribution in [2.45, 2.75) is 57.1 Å². The fourth-order valence-corrected chi connectivity index (χ4v) is 3.80. The number of hydrogen-bond donors (Lipinski definition) is 2. The van der Waals surface area contributed by atoms with Gasteiger partial charge in [0.1, 0.15) is 0 Å². The van der Waals surface area contributed by atoms with E-state index in [2.05, 4.69) is 39.2 Å². The number of halogens is 1. The molecule has 0 aromatic carbocycles. The molecule has 24 heavy (non-hydrogen) atoms. The monoisotopic (exact) mass is 396 g/mol. The van der Waals surface area contributed by atoms with Crippen LogP contribution >= 0.6 is 15.9 Å². The molecule has 2 aromatic rings. The number of aliphatic hydroxyl groups is 1. The van der Waals surface area contributed by atoms with Gasteiger partial charge in [0.05, 0.1) is 17.8 Å². The lowest BCUT2D eigenvalue weighted by atomic mass is 9.85. The molecule has 6 nitrogen and oxygen atoms in total. The maximum atomic E-state index is 9.74. The maximum absolute atomic E-state index is 9.74. The van der Waals surface area contributed by atoms with Crippen molar-refractivity contribution >= 4 is 27.4 Å². The van der Waals surface area contributed by atoms with E-state index in [1.807, 2.05) is 10.7 Å². The Labute approximate surface area is 150 Å². The van der Waals surface area contributed by atoms with Crippen LogP contribution < -0.4 is 5.32 Å². The number of hydrogen-bond acceptors (Lipinski definition) is 5. The lowest BCUT2D eigenvalue weighted by Gasteiger charge is -2.25. The number of nitrogens with one attached hydrogen (secondary N) is 1. The normalized spacial score (nSPS) is 22.7. The first kappa shape index (κ1) is 17.6. The lowest BCUT2D eigenvalue weighted by molar-refractivity contribution is 0.121. The SMILES string of the molecule is COCC[C@H](C)Nc1ncc2c(Br)cc(C3CCC(O)CC3)n2n1. The van der Waals surface area contributed by atoms with Crippen LogP contribution in [-0.4, -0.2) is 45.6 Å². The zero-order valence-corrected chi connectivity index (χ0v) is 15.8. The van der Waals surface area contributed by atoms with Crippen LogP contribution in [0.2, 0.25) is 0 Å². The highest BCUT2D eigenvalue weighted by Crippen LogP contribution is 2.36. The summed E-state index contributed by atoms with van der Waals surface area (Å²) in [4.78, 5) is 4.43. The summed E-state index contributed by atoms with van der Waals surface area (Å²) >= 11 is 3.62. The van der Waals surface area contributed by atoms with E-state index < -0.39 is 0 Å². The van der Waals surface area contributed by atoms with Crippen LogP contribution in [0, 0.1) is 0 Å². The Morgan fingerprint density at radius 2 is 2.17 bits per heavy atom. The predicted octanol–water partition coefficient (Wildman–Crippen LogP) is 3.35. The highest BCUT2D eigenvalue weighted by Gasteiger charge is 2.24. The minimum absolute atomic E-state index is 0.149. The summed E-state index contributed by atoms with van der Waals surface area (Å²) in [7, 11) is 1.71. The molecule has 1 aliphatic carbocycles. The van der Waals surface area contributed by atoms with Crippen molar-refractivity contribution < 1.29 is 9.84 Å². The average Bonchev–Trinajstić information content (AvgIpc) is 2.90. The number of methoxy groups -OCH3 is 1. The molecule has 0 amide bonds. The third kappa shape index (κ3) is 3.90. The van der Waals surface area contributed by atoms with E-state index in [1.54, 1.807) is 7.11 Å². The number of rotatable bonds is 6. The van der Waals surface area contributed by atoms with Crippen molar-refractivity contribution in [3.8, 4) is 0 Å². The van der Waals surface area contributed by atoms with Crippen molar-refractivity contribution in [2.24, 2.45) is 0 Å². The second-order valence-corrected chi connectivity index (χ2v) is 7.48. The Kier molecular flexibility index (Phi) is 5.73. The van der Waals surface area contributed by atoms with Gasteiger partial charge in [0, 0.05) is 35.8 Å². The van der Waals surface area contributed by atoms with E-state index in [0.717, 1.165) is 42.1 Å². The third-order valence-corrected chi connectivity index (χ3v) is 5.38. The number of ether oxygens (including phenoxy) is 1. The first-order valence-corrected chi connectivity index (χ1v) is 9.35. The molecular formula is C17H25BrN4O2. The molecule has 0 saturated heterocycles. The molecule has 2 heterocycles. The molecule has 0 bridgehead atoms. The van der Waals surface area contributed by atoms with Gasteiger partial charge in [-0.25, -0.2) is 9.50 Å². The van der Waals surface area contributed by atoms with Gasteiger partial charge >= 0.3 is 0 Å². The van der Waals surface area contributed by atoms with Gasteiger partial charge in [0.25, 0.3) is 0 Å². The summed E-state index contributed by atoms with van der Waals surface area (Å²) in [5.41, 5.74) is 2.17. The van der Waals surface area contributed by atoms with Crippen LogP contribution in [0.5, 0.6) is 0 Å². The van der Waals surface area contributed by atoms with E-state index in [-0.39, 0.29) is 12.1 Å². The summed E-state index contributed by atoms with van der Waals surface area (Å²) in [6.45, 7) is 2.81. The zero-order chi connectivity index (χ0) is 17.1. The van der Waals surface area contributed by atoms with Crippen molar-refractivity contribution in [3.05, 3.63) is 22.4 Å². The van der Waals surface area contributed by atoms with Gasteiger partial charge < -0.3 is 15.2 Å². The fourth-order valence-electron chi connectivity index (χ4n) is 3.29. The van der Waals surface area contributed by atoms with E-state index >= 15 is 0 Å². The minimum Gasteiger partial charge on any atom is -0.393 e. The second-order valence-electron chi connectivity index (χ2n) is 6.63. The van der Waals surface area contributed by atoms with Gasteiger partial charge in [-0.2, -0.15) is 0 Å². The molecule has 1 aliphatic rings. The van der Waals surface area contributed by atoms with Crippen molar-refractivity contribution in [2.75, 3.05) is 19.0 Å². The van der Waals surface area contributed by atoms with Crippen molar-refractivity contribution in [1.29, 1.82) is 0 Å². The molecule has 0 aliphatic heterocycles. The van der Waals surface area contributed by atoms with Crippen molar-refractivity contribution in [1.82, 2.24) is 14.6 Å². The van der Waals surface area contributed by atoms with E-state index in [0.29, 0.717) is 18.5 Å². The average molecular weight is 397 g/mol. The van der Waals surface area contributed by atoms with Gasteiger partial charge in [-0.05, 0) is 61.0 Å². The first-order valence-electron chi connectivity index (χ1n) is 8.56. The molecule has 1 atom stereocenters. The first-order chi connectivity index (χ1) is 11.6. The second kappa shape index (κ2) is 7.80. The topological polar surface area (TPSA) is 71.7 Å². The summed E-state index contributed by atoms with van der Waals surface area (Å²) in [5, 5.41) is 17.8. The van der Waals surface area contributed by atoms with Gasteiger partial charge in [0.15, 0.2) is 0 Å². The molecule has 2 aromatic heterocycles. The van der Waals surface area contributed by atoms with Crippen LogP contribution in [0.4, 0.5) is 5.95 Å². The molecule has 0 spiro atoms. The van der Waals surface area contributed by atoms with Crippen LogP contribution in [0.15, 0.2) is 16.7 Å². The van der Waals surface area contributed by atoms with Gasteiger partial charge in [0.2, 0.25) is 5.95 Å². The number of aromatic nitrogens is 3. The fraction of sp³-hybridized carbons (Fsp3) is 0.647. The molecule has 1 saturated carbocycles. The molecule has 7 heteroatoms. The van der Waals surface area contributed by atoms with Crippen LogP contribution in [0.25, 0.3) is 5.52 Å². The van der Waals surface area contributed by atoms with Crippen LogP contribution in [0.1, 0.15) is 50.6 Å². The molecule has 1 fully saturated rings. The van der Waals surface area contributed by atoms with Crippen molar-refractivity contribution in [3.63, 3.8) is 0 Å². The highest BCUT2D eigenvalue weighted by atomic mass is 79.9. The minimum atomic E-state index is -0.149. The number of aliphatic hydroxyl groups excluding tert-OH is 1. The number of fused-ring (bicyclic) bond motifs is 1. The van der Waals surface area contributed by atoms with E-state index in [1.165, 1.54) is 5.69 Å². The molecule has 0 radical (unpaired) electrons. The highest BCUT2D eigenvalue weighted by molar-refractivity contribution is 9.10. The number of nitrogens with zero attached hydrogens (tertiary/aromatic N) is 3. The summed E-state index contributed by atoms with van der Waals surface area (Å²) < 4.78 is 8.13.